The van der Waals surface area contributed by atoms with E-state index in [0.29, 0.717) is 39.2 Å². The second kappa shape index (κ2) is 7.76. The van der Waals surface area contributed by atoms with Crippen LogP contribution >= 0.6 is 11.8 Å². The second-order valence-corrected chi connectivity index (χ2v) is 7.42. The standard InChI is InChI=1S/C20H12F2N6O2S/c21-13-5-1-11(2-6-13)15-9-16-19(29)24-25-20(28(16)26-15)31-10-17-23-18(27-30-17)12-3-7-14(22)8-4-12/h1-9H,10H2,(H,24,29). The van der Waals surface area contributed by atoms with Crippen LogP contribution in [0.1, 0.15) is 5.89 Å². The van der Waals surface area contributed by atoms with Gasteiger partial charge in [-0.05, 0) is 54.6 Å². The molecule has 0 spiro atoms. The van der Waals surface area contributed by atoms with Crippen LogP contribution in [0.25, 0.3) is 28.2 Å². The number of hydrogen-bond donors (Lipinski definition) is 1. The van der Waals surface area contributed by atoms with Crippen LogP contribution in [0.2, 0.25) is 0 Å². The van der Waals surface area contributed by atoms with Gasteiger partial charge in [0.1, 0.15) is 17.2 Å². The van der Waals surface area contributed by atoms with Crippen molar-refractivity contribution in [2.75, 3.05) is 0 Å². The van der Waals surface area contributed by atoms with Gasteiger partial charge in [0.2, 0.25) is 16.9 Å². The zero-order valence-electron chi connectivity index (χ0n) is 15.6. The zero-order chi connectivity index (χ0) is 21.4. The molecule has 0 aliphatic rings. The highest BCUT2D eigenvalue weighted by Crippen LogP contribution is 2.24. The molecule has 0 amide bonds. The number of aromatic amines is 1. The van der Waals surface area contributed by atoms with Gasteiger partial charge >= 0.3 is 0 Å². The maximum absolute atomic E-state index is 13.2. The van der Waals surface area contributed by atoms with Crippen molar-refractivity contribution in [3.8, 4) is 22.6 Å². The number of H-pyrrole nitrogens is 1. The lowest BCUT2D eigenvalue weighted by atomic mass is 10.1. The number of fused-ring (bicyclic) bond motifs is 1. The Bertz CT molecular complexity index is 1430. The Kier molecular flexibility index (Phi) is 4.79. The molecule has 0 bridgehead atoms. The lowest BCUT2D eigenvalue weighted by Crippen LogP contribution is -2.13. The van der Waals surface area contributed by atoms with Crippen molar-refractivity contribution >= 4 is 17.3 Å². The topological polar surface area (TPSA) is 102 Å². The average Bonchev–Trinajstić information content (AvgIpc) is 3.43. The summed E-state index contributed by atoms with van der Waals surface area (Å²) in [5, 5.41) is 15.2. The molecule has 3 heterocycles. The van der Waals surface area contributed by atoms with E-state index in [4.69, 9.17) is 4.52 Å². The summed E-state index contributed by atoms with van der Waals surface area (Å²) in [7, 11) is 0. The van der Waals surface area contributed by atoms with E-state index < -0.39 is 5.56 Å². The molecule has 0 saturated heterocycles. The Morgan fingerprint density at radius 3 is 2.39 bits per heavy atom. The van der Waals surface area contributed by atoms with Gasteiger partial charge in [-0.25, -0.2) is 18.4 Å². The van der Waals surface area contributed by atoms with Crippen molar-refractivity contribution in [3.05, 3.63) is 82.5 Å². The summed E-state index contributed by atoms with van der Waals surface area (Å²) in [6.07, 6.45) is 0. The summed E-state index contributed by atoms with van der Waals surface area (Å²) in [6, 6.07) is 13.2. The smallest absolute Gasteiger partial charge is 0.290 e. The number of halogens is 2. The number of aromatic nitrogens is 6. The van der Waals surface area contributed by atoms with Crippen molar-refractivity contribution in [3.63, 3.8) is 0 Å². The molecule has 0 atom stereocenters. The van der Waals surface area contributed by atoms with Crippen LogP contribution in [0.15, 0.2) is 69.1 Å². The highest BCUT2D eigenvalue weighted by molar-refractivity contribution is 7.98. The van der Waals surface area contributed by atoms with Crippen LogP contribution in [0.4, 0.5) is 8.78 Å². The van der Waals surface area contributed by atoms with Crippen LogP contribution in [-0.2, 0) is 5.75 Å². The van der Waals surface area contributed by atoms with Gasteiger partial charge < -0.3 is 4.52 Å². The highest BCUT2D eigenvalue weighted by Gasteiger charge is 2.15. The number of thioether (sulfide) groups is 1. The minimum atomic E-state index is -0.401. The third kappa shape index (κ3) is 3.82. The third-order valence-corrected chi connectivity index (χ3v) is 5.33. The Morgan fingerprint density at radius 1 is 1.00 bits per heavy atom. The first kappa shape index (κ1) is 19.1. The van der Waals surface area contributed by atoms with Gasteiger partial charge in [-0.2, -0.15) is 10.1 Å². The number of rotatable bonds is 5. The molecule has 0 fully saturated rings. The Hall–Kier alpha value is -3.86. The molecule has 0 unspecified atom stereocenters. The van der Waals surface area contributed by atoms with Crippen molar-refractivity contribution in [2.24, 2.45) is 0 Å². The zero-order valence-corrected chi connectivity index (χ0v) is 16.4. The van der Waals surface area contributed by atoms with Gasteiger partial charge in [0.05, 0.1) is 11.4 Å². The fraction of sp³-hybridized carbons (Fsp3) is 0.0500. The van der Waals surface area contributed by atoms with Gasteiger partial charge in [0.25, 0.3) is 5.56 Å². The molecule has 5 rings (SSSR count). The van der Waals surface area contributed by atoms with E-state index in [2.05, 4.69) is 25.4 Å². The van der Waals surface area contributed by atoms with Crippen LogP contribution in [0.3, 0.4) is 0 Å². The van der Waals surface area contributed by atoms with E-state index in [1.807, 2.05) is 0 Å². The molecule has 0 saturated carbocycles. The number of nitrogens with zero attached hydrogens (tertiary/aromatic N) is 5. The number of hydrogen-bond acceptors (Lipinski definition) is 7. The molecule has 1 N–H and O–H groups in total. The lowest BCUT2D eigenvalue weighted by Gasteiger charge is -2.00. The SMILES string of the molecule is O=c1[nH]nc(SCc2nc(-c3ccc(F)cc3)no2)n2nc(-c3ccc(F)cc3)cc12. The van der Waals surface area contributed by atoms with E-state index in [1.54, 1.807) is 30.3 Å². The maximum atomic E-state index is 13.2. The fourth-order valence-corrected chi connectivity index (χ4v) is 3.64. The van der Waals surface area contributed by atoms with Gasteiger partial charge in [-0.15, -0.1) is 5.10 Å². The molecular weight excluding hydrogens is 426 g/mol. The predicted molar refractivity (Wildman–Crippen MR) is 108 cm³/mol. The second-order valence-electron chi connectivity index (χ2n) is 6.48. The first-order valence-electron chi connectivity index (χ1n) is 9.02. The molecule has 5 aromatic rings. The van der Waals surface area contributed by atoms with Crippen LogP contribution < -0.4 is 5.56 Å². The predicted octanol–water partition coefficient (Wildman–Crippen LogP) is 3.71. The lowest BCUT2D eigenvalue weighted by molar-refractivity contribution is 0.391. The van der Waals surface area contributed by atoms with Crippen LogP contribution in [0, 0.1) is 11.6 Å². The minimum absolute atomic E-state index is 0.272. The largest absolute Gasteiger partial charge is 0.338 e. The summed E-state index contributed by atoms with van der Waals surface area (Å²) in [5.41, 5.74) is 1.70. The normalized spacial score (nSPS) is 11.3. The minimum Gasteiger partial charge on any atom is -0.338 e. The van der Waals surface area contributed by atoms with Crippen molar-refractivity contribution in [1.29, 1.82) is 0 Å². The highest BCUT2D eigenvalue weighted by atomic mass is 32.2. The Labute approximate surface area is 176 Å². The van der Waals surface area contributed by atoms with E-state index in [-0.39, 0.29) is 17.4 Å². The van der Waals surface area contributed by atoms with Crippen LogP contribution in [0.5, 0.6) is 0 Å². The Morgan fingerprint density at radius 2 is 1.68 bits per heavy atom. The monoisotopic (exact) mass is 438 g/mol. The third-order valence-electron chi connectivity index (χ3n) is 4.41. The van der Waals surface area contributed by atoms with Gasteiger partial charge in [-0.1, -0.05) is 16.9 Å². The first-order chi connectivity index (χ1) is 15.1. The quantitative estimate of drug-likeness (QED) is 0.418. The van der Waals surface area contributed by atoms with Crippen molar-refractivity contribution in [2.45, 2.75) is 10.9 Å². The number of nitrogens with one attached hydrogen (secondary N) is 1. The van der Waals surface area contributed by atoms with Crippen molar-refractivity contribution in [1.82, 2.24) is 30.0 Å². The summed E-state index contributed by atoms with van der Waals surface area (Å²) in [5.74, 6) is 0.233. The summed E-state index contributed by atoms with van der Waals surface area (Å²) in [6.45, 7) is 0. The van der Waals surface area contributed by atoms with E-state index in [9.17, 15) is 13.6 Å². The average molecular weight is 438 g/mol. The van der Waals surface area contributed by atoms with Gasteiger partial charge in [-0.3, -0.25) is 4.79 Å². The summed E-state index contributed by atoms with van der Waals surface area (Å²) in [4.78, 5) is 16.5. The number of benzene rings is 2. The van der Waals surface area contributed by atoms with Crippen molar-refractivity contribution < 1.29 is 13.3 Å². The molecule has 8 nitrogen and oxygen atoms in total. The van der Waals surface area contributed by atoms with Gasteiger partial charge in [0.15, 0.2) is 0 Å². The summed E-state index contributed by atoms with van der Waals surface area (Å²) < 4.78 is 32.9. The molecule has 0 aliphatic heterocycles. The summed E-state index contributed by atoms with van der Waals surface area (Å²) >= 11 is 1.24. The molecule has 2 aromatic carbocycles. The van der Waals surface area contributed by atoms with E-state index in [1.165, 1.54) is 40.5 Å². The fourth-order valence-electron chi connectivity index (χ4n) is 2.90. The van der Waals surface area contributed by atoms with Gasteiger partial charge in [0, 0.05) is 11.1 Å². The van der Waals surface area contributed by atoms with E-state index in [0.717, 1.165) is 0 Å². The van der Waals surface area contributed by atoms with Crippen LogP contribution in [-0.4, -0.2) is 30.0 Å². The first-order valence-corrected chi connectivity index (χ1v) is 10.0. The Balaban J connectivity index is 1.41. The molecule has 11 heteroatoms. The molecule has 0 radical (unpaired) electrons. The molecule has 31 heavy (non-hydrogen) atoms. The maximum Gasteiger partial charge on any atom is 0.290 e. The van der Waals surface area contributed by atoms with E-state index >= 15 is 0 Å². The molecule has 3 aromatic heterocycles. The molecular formula is C20H12F2N6O2S. The molecule has 0 aliphatic carbocycles. The molecule has 154 valence electrons.